The molecule has 3 unspecified atom stereocenters. The molecule has 1 fully saturated rings. The second kappa shape index (κ2) is 8.20. The highest BCUT2D eigenvalue weighted by Gasteiger charge is 2.48. The minimum atomic E-state index is -1.02. The van der Waals surface area contributed by atoms with Crippen molar-refractivity contribution in [1.82, 2.24) is 14.6 Å². The van der Waals surface area contributed by atoms with Crippen molar-refractivity contribution < 1.29 is 23.4 Å². The molecule has 3 aliphatic rings. The fourth-order valence-electron chi connectivity index (χ4n) is 5.85. The number of nitrogens with zero attached hydrogens (tertiary/aromatic N) is 4. The molecule has 11 heteroatoms. The van der Waals surface area contributed by atoms with Crippen LogP contribution >= 0.6 is 11.3 Å². The number of benzene rings is 2. The summed E-state index contributed by atoms with van der Waals surface area (Å²) >= 11 is 1.33. The van der Waals surface area contributed by atoms with E-state index in [0.717, 1.165) is 17.2 Å². The van der Waals surface area contributed by atoms with Gasteiger partial charge in [-0.2, -0.15) is 0 Å². The number of rotatable bonds is 1. The van der Waals surface area contributed by atoms with Crippen molar-refractivity contribution in [1.29, 1.82) is 0 Å². The molecule has 0 spiro atoms. The molecule has 4 heterocycles. The lowest BCUT2D eigenvalue weighted by atomic mass is 9.92. The van der Waals surface area contributed by atoms with Gasteiger partial charge in [0.25, 0.3) is 5.91 Å². The lowest BCUT2D eigenvalue weighted by Gasteiger charge is -2.53. The van der Waals surface area contributed by atoms with Crippen LogP contribution in [0.4, 0.5) is 8.78 Å². The fraction of sp³-hybridized carbons (Fsp3) is 0.222. The average molecular weight is 535 g/mol. The molecule has 3 atom stereocenters. The summed E-state index contributed by atoms with van der Waals surface area (Å²) in [5.74, 6) is -3.20. The number of carbonyl (C=O) groups excluding carboxylic acids is 1. The van der Waals surface area contributed by atoms with E-state index in [4.69, 9.17) is 4.74 Å². The van der Waals surface area contributed by atoms with E-state index >= 15 is 4.39 Å². The van der Waals surface area contributed by atoms with Gasteiger partial charge in [-0.05, 0) is 29.7 Å². The molecule has 2 aromatic heterocycles. The van der Waals surface area contributed by atoms with E-state index < -0.39 is 40.9 Å². The summed E-state index contributed by atoms with van der Waals surface area (Å²) in [5, 5.41) is 12.6. The van der Waals surface area contributed by atoms with Crippen LogP contribution in [0.1, 0.15) is 34.6 Å². The highest BCUT2D eigenvalue weighted by atomic mass is 32.1. The number of aromatic hydroxyl groups is 1. The fourth-order valence-corrected chi connectivity index (χ4v) is 6.70. The number of ether oxygens (including phenoxy) is 1. The number of carbonyl (C=O) groups is 1. The van der Waals surface area contributed by atoms with Crippen LogP contribution < -0.4 is 10.4 Å². The van der Waals surface area contributed by atoms with Crippen molar-refractivity contribution in [2.24, 2.45) is 0 Å². The third kappa shape index (κ3) is 2.99. The van der Waals surface area contributed by atoms with E-state index in [1.807, 2.05) is 31.2 Å². The van der Waals surface area contributed by atoms with Crippen LogP contribution in [-0.4, -0.2) is 51.0 Å². The number of halogens is 2. The van der Waals surface area contributed by atoms with Crippen LogP contribution in [0.25, 0.3) is 21.7 Å². The summed E-state index contributed by atoms with van der Waals surface area (Å²) in [6.07, 6.45) is 0.747. The molecule has 1 aliphatic carbocycles. The van der Waals surface area contributed by atoms with Gasteiger partial charge in [0.15, 0.2) is 23.1 Å². The Labute approximate surface area is 218 Å². The van der Waals surface area contributed by atoms with Crippen molar-refractivity contribution in [2.45, 2.75) is 25.2 Å². The molecule has 4 aromatic rings. The summed E-state index contributed by atoms with van der Waals surface area (Å²) in [4.78, 5) is 32.8. The maximum atomic E-state index is 15.6. The van der Waals surface area contributed by atoms with Crippen LogP contribution in [0.15, 0.2) is 59.0 Å². The number of hydrogen-bond donors (Lipinski definition) is 1. The predicted octanol–water partition coefficient (Wildman–Crippen LogP) is 3.86. The number of pyridine rings is 1. The molecule has 0 radical (unpaired) electrons. The summed E-state index contributed by atoms with van der Waals surface area (Å²) in [6.45, 7) is 2.22. The van der Waals surface area contributed by atoms with Gasteiger partial charge < -0.3 is 14.7 Å². The third-order valence-corrected chi connectivity index (χ3v) is 8.32. The van der Waals surface area contributed by atoms with Crippen LogP contribution in [-0.2, 0) is 4.74 Å². The summed E-state index contributed by atoms with van der Waals surface area (Å²) in [6, 6.07) is 10.2. The van der Waals surface area contributed by atoms with Crippen molar-refractivity contribution in [3.05, 3.63) is 92.9 Å². The van der Waals surface area contributed by atoms with E-state index in [-0.39, 0.29) is 30.5 Å². The molecule has 2 aromatic carbocycles. The zero-order valence-electron chi connectivity index (χ0n) is 20.0. The first-order valence-corrected chi connectivity index (χ1v) is 12.9. The second-order valence-corrected chi connectivity index (χ2v) is 10.4. The SMILES string of the molecule is CC1COCC2N1C(=O)c1c(O)c(=O)ccn1N2C1c2ccccc2-c2scnc2-c2c1ccc(F)c2F. The first kappa shape index (κ1) is 23.1. The smallest absolute Gasteiger partial charge is 0.278 e. The van der Waals surface area contributed by atoms with Gasteiger partial charge in [-0.3, -0.25) is 19.3 Å². The van der Waals surface area contributed by atoms with Gasteiger partial charge in [-0.25, -0.2) is 13.8 Å². The van der Waals surface area contributed by atoms with Crippen molar-refractivity contribution >= 4 is 17.2 Å². The maximum Gasteiger partial charge on any atom is 0.278 e. The van der Waals surface area contributed by atoms with Crippen LogP contribution in [0, 0.1) is 11.6 Å². The lowest BCUT2D eigenvalue weighted by Crippen LogP contribution is -2.68. The van der Waals surface area contributed by atoms with Gasteiger partial charge in [-0.15, -0.1) is 11.3 Å². The number of aromatic nitrogens is 2. The largest absolute Gasteiger partial charge is 0.502 e. The van der Waals surface area contributed by atoms with Gasteiger partial charge in [0.2, 0.25) is 5.43 Å². The Morgan fingerprint density at radius 3 is 2.74 bits per heavy atom. The standard InChI is InChI=1S/C27H20F2N4O4S/c1-13-10-37-11-19-32(13)27(36)24-25(35)18(34)8-9-31(24)33(19)23-14-4-2-3-5-15(14)26-22(30-12-38-26)20-16(23)6-7-17(28)21(20)29/h2-9,12-13,19,23,35H,10-11H2,1H3. The molecule has 2 aliphatic heterocycles. The number of morpholine rings is 1. The van der Waals surface area contributed by atoms with Gasteiger partial charge in [0, 0.05) is 17.8 Å². The average Bonchev–Trinajstić information content (AvgIpc) is 3.35. The van der Waals surface area contributed by atoms with Crippen LogP contribution in [0.5, 0.6) is 5.75 Å². The highest BCUT2D eigenvalue weighted by molar-refractivity contribution is 7.13. The van der Waals surface area contributed by atoms with Crippen molar-refractivity contribution in [3.63, 3.8) is 0 Å². The molecule has 38 heavy (non-hydrogen) atoms. The Kier molecular flexibility index (Phi) is 4.98. The van der Waals surface area contributed by atoms with E-state index in [1.165, 1.54) is 34.3 Å². The number of thiazole rings is 1. The van der Waals surface area contributed by atoms with Crippen molar-refractivity contribution in [2.75, 3.05) is 18.2 Å². The maximum absolute atomic E-state index is 15.6. The quantitative estimate of drug-likeness (QED) is 0.399. The Hall–Kier alpha value is -4.09. The first-order chi connectivity index (χ1) is 18.4. The molecule has 0 bridgehead atoms. The zero-order valence-corrected chi connectivity index (χ0v) is 20.8. The topological polar surface area (TPSA) is 87.9 Å². The van der Waals surface area contributed by atoms with E-state index in [0.29, 0.717) is 16.1 Å². The molecule has 8 nitrogen and oxygen atoms in total. The number of amides is 1. The summed E-state index contributed by atoms with van der Waals surface area (Å²) in [7, 11) is 0. The Balaban J connectivity index is 1.60. The first-order valence-electron chi connectivity index (χ1n) is 12.0. The lowest BCUT2D eigenvalue weighted by molar-refractivity contribution is -0.0467. The molecule has 0 saturated carbocycles. The molecule has 1 N–H and O–H groups in total. The molecular weight excluding hydrogens is 514 g/mol. The Morgan fingerprint density at radius 1 is 1.08 bits per heavy atom. The minimum Gasteiger partial charge on any atom is -0.502 e. The van der Waals surface area contributed by atoms with E-state index in [2.05, 4.69) is 4.98 Å². The van der Waals surface area contributed by atoms with Crippen LogP contribution in [0.2, 0.25) is 0 Å². The number of hydrogen-bond acceptors (Lipinski definition) is 7. The number of fused-ring (bicyclic) bond motifs is 7. The Bertz CT molecular complexity index is 1700. The second-order valence-electron chi connectivity index (χ2n) is 9.53. The van der Waals surface area contributed by atoms with Gasteiger partial charge in [0.1, 0.15) is 6.17 Å². The van der Waals surface area contributed by atoms with E-state index in [9.17, 15) is 19.1 Å². The van der Waals surface area contributed by atoms with Crippen LogP contribution in [0.3, 0.4) is 0 Å². The van der Waals surface area contributed by atoms with Gasteiger partial charge in [-0.1, -0.05) is 30.3 Å². The van der Waals surface area contributed by atoms with Crippen molar-refractivity contribution in [3.8, 4) is 27.4 Å². The van der Waals surface area contributed by atoms with Gasteiger partial charge >= 0.3 is 0 Å². The van der Waals surface area contributed by atoms with E-state index in [1.54, 1.807) is 15.4 Å². The molecular formula is C27H20F2N4O4S. The molecule has 1 saturated heterocycles. The normalized spacial score (nSPS) is 21.7. The minimum absolute atomic E-state index is 0.0301. The predicted molar refractivity (Wildman–Crippen MR) is 136 cm³/mol. The monoisotopic (exact) mass is 534 g/mol. The molecule has 7 rings (SSSR count). The molecule has 192 valence electrons. The third-order valence-electron chi connectivity index (χ3n) is 7.46. The Morgan fingerprint density at radius 2 is 1.89 bits per heavy atom. The highest BCUT2D eigenvalue weighted by Crippen LogP contribution is 2.50. The van der Waals surface area contributed by atoms with Gasteiger partial charge in [0.05, 0.1) is 41.4 Å². The zero-order chi connectivity index (χ0) is 26.3. The summed E-state index contributed by atoms with van der Waals surface area (Å²) < 4.78 is 37.6. The summed E-state index contributed by atoms with van der Waals surface area (Å²) in [5.41, 5.74) is 3.06. The molecule has 1 amide bonds.